The highest BCUT2D eigenvalue weighted by Crippen LogP contribution is 2.20. The first-order valence-corrected chi connectivity index (χ1v) is 7.02. The number of hydrogen-bond donors (Lipinski definition) is 1. The van der Waals surface area contributed by atoms with Crippen LogP contribution in [0, 0.1) is 0 Å². The lowest BCUT2D eigenvalue weighted by atomic mass is 10.1. The third kappa shape index (κ3) is 4.11. The molecular weight excluding hydrogens is 238 g/mol. The van der Waals surface area contributed by atoms with Crippen molar-refractivity contribution in [2.75, 3.05) is 46.1 Å². The molecule has 1 aromatic carbocycles. The van der Waals surface area contributed by atoms with Gasteiger partial charge in [-0.3, -0.25) is 0 Å². The standard InChI is InChI=1S/C15H25N3O/c1-17(9-10-18-7-3-4-8-18)12-13-5-6-14(19-2)11-15(13)16/h5-6,11H,3-4,7-10,12,16H2,1-2H3. The molecule has 0 saturated carbocycles. The molecule has 4 heteroatoms. The van der Waals surface area contributed by atoms with Crippen LogP contribution < -0.4 is 10.5 Å². The maximum absolute atomic E-state index is 6.05. The Morgan fingerprint density at radius 2 is 2.05 bits per heavy atom. The zero-order chi connectivity index (χ0) is 13.7. The van der Waals surface area contributed by atoms with E-state index in [1.165, 1.54) is 31.5 Å². The van der Waals surface area contributed by atoms with Gasteiger partial charge in [-0.25, -0.2) is 0 Å². The highest BCUT2D eigenvalue weighted by Gasteiger charge is 2.12. The average molecular weight is 263 g/mol. The number of methoxy groups -OCH3 is 1. The summed E-state index contributed by atoms with van der Waals surface area (Å²) < 4.78 is 5.17. The minimum atomic E-state index is 0.812. The van der Waals surface area contributed by atoms with E-state index in [1.807, 2.05) is 12.1 Å². The van der Waals surface area contributed by atoms with Crippen molar-refractivity contribution in [1.82, 2.24) is 9.80 Å². The molecule has 0 aliphatic carbocycles. The number of nitrogen functional groups attached to an aromatic ring is 1. The molecule has 2 rings (SSSR count). The minimum Gasteiger partial charge on any atom is -0.497 e. The van der Waals surface area contributed by atoms with Crippen molar-refractivity contribution >= 4 is 5.69 Å². The lowest BCUT2D eigenvalue weighted by molar-refractivity contribution is 0.252. The largest absolute Gasteiger partial charge is 0.497 e. The molecule has 106 valence electrons. The first kappa shape index (κ1) is 14.2. The molecule has 2 N–H and O–H groups in total. The zero-order valence-electron chi connectivity index (χ0n) is 12.1. The van der Waals surface area contributed by atoms with Gasteiger partial charge >= 0.3 is 0 Å². The van der Waals surface area contributed by atoms with Crippen LogP contribution in [0.1, 0.15) is 18.4 Å². The number of anilines is 1. The van der Waals surface area contributed by atoms with Crippen molar-refractivity contribution < 1.29 is 4.74 Å². The number of benzene rings is 1. The third-order valence-corrected chi connectivity index (χ3v) is 3.79. The van der Waals surface area contributed by atoms with Crippen LogP contribution in [0.4, 0.5) is 5.69 Å². The second kappa shape index (κ2) is 6.78. The molecule has 0 atom stereocenters. The molecule has 1 aliphatic heterocycles. The van der Waals surface area contributed by atoms with Gasteiger partial charge < -0.3 is 20.3 Å². The Morgan fingerprint density at radius 1 is 1.32 bits per heavy atom. The van der Waals surface area contributed by atoms with Gasteiger partial charge in [0.25, 0.3) is 0 Å². The van der Waals surface area contributed by atoms with Crippen LogP contribution in [0.15, 0.2) is 18.2 Å². The Hall–Kier alpha value is -1.26. The molecule has 0 aromatic heterocycles. The van der Waals surface area contributed by atoms with Crippen LogP contribution in [-0.4, -0.2) is 50.1 Å². The van der Waals surface area contributed by atoms with E-state index < -0.39 is 0 Å². The van der Waals surface area contributed by atoms with Gasteiger partial charge in [0.1, 0.15) is 5.75 Å². The topological polar surface area (TPSA) is 41.7 Å². The molecular formula is C15H25N3O. The van der Waals surface area contributed by atoms with Gasteiger partial charge in [0.15, 0.2) is 0 Å². The van der Waals surface area contributed by atoms with E-state index in [0.717, 1.165) is 31.1 Å². The van der Waals surface area contributed by atoms with Gasteiger partial charge in [0.2, 0.25) is 0 Å². The van der Waals surface area contributed by atoms with Crippen LogP contribution in [0.25, 0.3) is 0 Å². The SMILES string of the molecule is COc1ccc(CN(C)CCN2CCCC2)c(N)c1. The fourth-order valence-electron chi connectivity index (χ4n) is 2.53. The van der Waals surface area contributed by atoms with Gasteiger partial charge in [-0.1, -0.05) is 6.07 Å². The predicted molar refractivity (Wildman–Crippen MR) is 79.4 cm³/mol. The van der Waals surface area contributed by atoms with Crippen molar-refractivity contribution in [3.63, 3.8) is 0 Å². The number of likely N-dealkylation sites (N-methyl/N-ethyl adjacent to an activating group) is 1. The Labute approximate surface area is 116 Å². The quantitative estimate of drug-likeness (QED) is 0.795. The van der Waals surface area contributed by atoms with E-state index >= 15 is 0 Å². The summed E-state index contributed by atoms with van der Waals surface area (Å²) in [5.41, 5.74) is 8.03. The molecule has 1 saturated heterocycles. The number of likely N-dealkylation sites (tertiary alicyclic amines) is 1. The Bertz CT molecular complexity index is 402. The minimum absolute atomic E-state index is 0.812. The van der Waals surface area contributed by atoms with Crippen LogP contribution in [0.5, 0.6) is 5.75 Å². The molecule has 4 nitrogen and oxygen atoms in total. The van der Waals surface area contributed by atoms with Crippen LogP contribution in [0.3, 0.4) is 0 Å². The summed E-state index contributed by atoms with van der Waals surface area (Å²) in [6.45, 7) is 5.67. The van der Waals surface area contributed by atoms with Gasteiger partial charge in [0.05, 0.1) is 7.11 Å². The summed E-state index contributed by atoms with van der Waals surface area (Å²) in [7, 11) is 3.82. The molecule has 0 radical (unpaired) electrons. The number of nitrogens with zero attached hydrogens (tertiary/aromatic N) is 2. The average Bonchev–Trinajstić information content (AvgIpc) is 2.92. The van der Waals surface area contributed by atoms with Crippen molar-refractivity contribution in [3.8, 4) is 5.75 Å². The maximum Gasteiger partial charge on any atom is 0.120 e. The van der Waals surface area contributed by atoms with Crippen molar-refractivity contribution in [3.05, 3.63) is 23.8 Å². The highest BCUT2D eigenvalue weighted by molar-refractivity contribution is 5.51. The number of rotatable bonds is 6. The fraction of sp³-hybridized carbons (Fsp3) is 0.600. The Kier molecular flexibility index (Phi) is 5.05. The second-order valence-electron chi connectivity index (χ2n) is 5.35. The van der Waals surface area contributed by atoms with Crippen LogP contribution in [-0.2, 0) is 6.54 Å². The van der Waals surface area contributed by atoms with Gasteiger partial charge in [-0.15, -0.1) is 0 Å². The number of hydrogen-bond acceptors (Lipinski definition) is 4. The number of nitrogens with two attached hydrogens (primary N) is 1. The van der Waals surface area contributed by atoms with Crippen LogP contribution in [0.2, 0.25) is 0 Å². The van der Waals surface area contributed by atoms with Gasteiger partial charge in [0, 0.05) is 31.4 Å². The summed E-state index contributed by atoms with van der Waals surface area (Å²) in [6, 6.07) is 5.92. The van der Waals surface area contributed by atoms with Gasteiger partial charge in [-0.05, 0) is 44.6 Å². The normalized spacial score (nSPS) is 16.2. The predicted octanol–water partition coefficient (Wildman–Crippen LogP) is 1.80. The van der Waals surface area contributed by atoms with E-state index in [2.05, 4.69) is 22.9 Å². The lowest BCUT2D eigenvalue weighted by Gasteiger charge is -2.22. The monoisotopic (exact) mass is 263 g/mol. The molecule has 1 heterocycles. The van der Waals surface area contributed by atoms with E-state index in [4.69, 9.17) is 10.5 Å². The zero-order valence-corrected chi connectivity index (χ0v) is 12.1. The van der Waals surface area contributed by atoms with Gasteiger partial charge in [-0.2, -0.15) is 0 Å². The summed E-state index contributed by atoms with van der Waals surface area (Å²) in [5.74, 6) is 0.820. The van der Waals surface area contributed by atoms with E-state index in [1.54, 1.807) is 7.11 Å². The molecule has 0 spiro atoms. The molecule has 0 bridgehead atoms. The molecule has 1 aromatic rings. The molecule has 0 unspecified atom stereocenters. The van der Waals surface area contributed by atoms with Crippen molar-refractivity contribution in [2.45, 2.75) is 19.4 Å². The molecule has 19 heavy (non-hydrogen) atoms. The number of ether oxygens (including phenoxy) is 1. The molecule has 1 aliphatic rings. The smallest absolute Gasteiger partial charge is 0.120 e. The summed E-state index contributed by atoms with van der Waals surface area (Å²) in [4.78, 5) is 4.87. The van der Waals surface area contributed by atoms with E-state index in [0.29, 0.717) is 0 Å². The first-order valence-electron chi connectivity index (χ1n) is 7.02. The Morgan fingerprint density at radius 3 is 2.68 bits per heavy atom. The fourth-order valence-corrected chi connectivity index (χ4v) is 2.53. The summed E-state index contributed by atoms with van der Waals surface area (Å²) in [5, 5.41) is 0. The second-order valence-corrected chi connectivity index (χ2v) is 5.35. The lowest BCUT2D eigenvalue weighted by Crippen LogP contribution is -2.31. The summed E-state index contributed by atoms with van der Waals surface area (Å²) >= 11 is 0. The summed E-state index contributed by atoms with van der Waals surface area (Å²) in [6.07, 6.45) is 2.71. The Balaban J connectivity index is 1.82. The third-order valence-electron chi connectivity index (χ3n) is 3.79. The van der Waals surface area contributed by atoms with Crippen molar-refractivity contribution in [1.29, 1.82) is 0 Å². The molecule has 0 amide bonds. The molecule has 1 fully saturated rings. The van der Waals surface area contributed by atoms with Crippen molar-refractivity contribution in [2.24, 2.45) is 0 Å². The van der Waals surface area contributed by atoms with E-state index in [-0.39, 0.29) is 0 Å². The maximum atomic E-state index is 6.05. The highest BCUT2D eigenvalue weighted by atomic mass is 16.5. The van der Waals surface area contributed by atoms with Crippen LogP contribution >= 0.6 is 0 Å². The first-order chi connectivity index (χ1) is 9.19. The van der Waals surface area contributed by atoms with E-state index in [9.17, 15) is 0 Å².